The second-order valence-electron chi connectivity index (χ2n) is 2.15. The number of nitrogens with one attached hydrogen (secondary N) is 1. The van der Waals surface area contributed by atoms with E-state index in [1.165, 1.54) is 12.1 Å². The summed E-state index contributed by atoms with van der Waals surface area (Å²) in [6.45, 7) is 0. The molecular weight excluding hydrogens is 185 g/mol. The van der Waals surface area contributed by atoms with Crippen LogP contribution in [0, 0.1) is 5.53 Å². The van der Waals surface area contributed by atoms with Gasteiger partial charge in [-0.1, -0.05) is 0 Å². The highest BCUT2D eigenvalue weighted by molar-refractivity contribution is 5.40. The van der Waals surface area contributed by atoms with E-state index in [9.17, 15) is 13.2 Å². The number of hydrogen-bond acceptors (Lipinski definition) is 3. The van der Waals surface area contributed by atoms with Crippen molar-refractivity contribution in [3.8, 4) is 5.75 Å². The second-order valence-corrected chi connectivity index (χ2v) is 2.15. The van der Waals surface area contributed by atoms with E-state index in [2.05, 4.69) is 9.85 Å². The Morgan fingerprint density at radius 2 is 1.69 bits per heavy atom. The summed E-state index contributed by atoms with van der Waals surface area (Å²) in [7, 11) is 0. The average molecular weight is 190 g/mol. The van der Waals surface area contributed by atoms with Crippen LogP contribution in [0.3, 0.4) is 0 Å². The molecular formula is C7H5F3N2O. The topological polar surface area (TPSA) is 45.4 Å². The SMILES string of the molecule is N=Nc1ccc(OC(F)(F)F)cc1. The standard InChI is InChI=1S/C7H5F3N2O/c8-7(9,10)13-6-3-1-5(12-11)2-4-6/h1-4,11H. The molecule has 0 aliphatic rings. The van der Waals surface area contributed by atoms with Crippen LogP contribution in [0.2, 0.25) is 0 Å². The van der Waals surface area contributed by atoms with E-state index >= 15 is 0 Å². The van der Waals surface area contributed by atoms with Gasteiger partial charge in [0.1, 0.15) is 5.75 Å². The summed E-state index contributed by atoms with van der Waals surface area (Å²) in [5.41, 5.74) is 6.83. The monoisotopic (exact) mass is 190 g/mol. The third kappa shape index (κ3) is 3.10. The van der Waals surface area contributed by atoms with Gasteiger partial charge in [-0.2, -0.15) is 5.11 Å². The van der Waals surface area contributed by atoms with E-state index in [-0.39, 0.29) is 11.4 Å². The fourth-order valence-corrected chi connectivity index (χ4v) is 0.722. The largest absolute Gasteiger partial charge is 0.573 e. The maximum atomic E-state index is 11.6. The van der Waals surface area contributed by atoms with Crippen LogP contribution in [0.4, 0.5) is 18.9 Å². The number of nitrogens with zero attached hydrogens (tertiary/aromatic N) is 1. The van der Waals surface area contributed by atoms with E-state index in [0.717, 1.165) is 12.1 Å². The van der Waals surface area contributed by atoms with Gasteiger partial charge >= 0.3 is 6.36 Å². The molecule has 0 aromatic heterocycles. The molecule has 0 aliphatic carbocycles. The van der Waals surface area contributed by atoms with Gasteiger partial charge < -0.3 is 4.74 Å². The summed E-state index contributed by atoms with van der Waals surface area (Å²) in [5, 5.41) is 3.02. The zero-order chi connectivity index (χ0) is 9.90. The van der Waals surface area contributed by atoms with Crippen molar-refractivity contribution < 1.29 is 17.9 Å². The van der Waals surface area contributed by atoms with Gasteiger partial charge in [-0.05, 0) is 24.3 Å². The first-order valence-corrected chi connectivity index (χ1v) is 3.24. The molecule has 0 saturated heterocycles. The van der Waals surface area contributed by atoms with Gasteiger partial charge in [0.05, 0.1) is 5.69 Å². The molecule has 1 N–H and O–H groups in total. The van der Waals surface area contributed by atoms with Crippen molar-refractivity contribution in [3.63, 3.8) is 0 Å². The van der Waals surface area contributed by atoms with Crippen LogP contribution >= 0.6 is 0 Å². The number of hydrogen-bond donors (Lipinski definition) is 1. The molecule has 0 heterocycles. The van der Waals surface area contributed by atoms with Gasteiger partial charge in [0.15, 0.2) is 0 Å². The minimum absolute atomic E-state index is 0.273. The Balaban J connectivity index is 2.75. The smallest absolute Gasteiger partial charge is 0.406 e. The lowest BCUT2D eigenvalue weighted by Gasteiger charge is -2.07. The Hall–Kier alpha value is -1.59. The Bertz CT molecular complexity index is 294. The Labute approximate surface area is 71.6 Å². The first kappa shape index (κ1) is 9.50. The summed E-state index contributed by atoms with van der Waals surface area (Å²) in [6, 6.07) is 4.71. The van der Waals surface area contributed by atoms with Crippen molar-refractivity contribution in [1.82, 2.24) is 0 Å². The van der Waals surface area contributed by atoms with Gasteiger partial charge in [-0.3, -0.25) is 0 Å². The summed E-state index contributed by atoms with van der Waals surface area (Å²) < 4.78 is 38.5. The van der Waals surface area contributed by atoms with Crippen LogP contribution in [0.25, 0.3) is 0 Å². The van der Waals surface area contributed by atoms with Crippen LogP contribution in [0.15, 0.2) is 29.4 Å². The molecule has 1 rings (SSSR count). The van der Waals surface area contributed by atoms with Gasteiger partial charge in [-0.15, -0.1) is 13.2 Å². The Morgan fingerprint density at radius 3 is 2.08 bits per heavy atom. The molecule has 0 saturated carbocycles. The lowest BCUT2D eigenvalue weighted by molar-refractivity contribution is -0.274. The molecule has 0 fully saturated rings. The van der Waals surface area contributed by atoms with Gasteiger partial charge in [0.25, 0.3) is 0 Å². The molecule has 0 atom stereocenters. The molecule has 13 heavy (non-hydrogen) atoms. The number of alkyl halides is 3. The summed E-state index contributed by atoms with van der Waals surface area (Å²) in [5.74, 6) is -0.320. The van der Waals surface area contributed by atoms with Crippen molar-refractivity contribution in [2.24, 2.45) is 5.11 Å². The van der Waals surface area contributed by atoms with Crippen molar-refractivity contribution in [1.29, 1.82) is 5.53 Å². The number of benzene rings is 1. The lowest BCUT2D eigenvalue weighted by Crippen LogP contribution is -2.16. The zero-order valence-electron chi connectivity index (χ0n) is 6.30. The number of ether oxygens (including phenoxy) is 1. The summed E-state index contributed by atoms with van der Waals surface area (Å²) in [6.07, 6.45) is -4.68. The maximum Gasteiger partial charge on any atom is 0.573 e. The number of halogens is 3. The first-order valence-electron chi connectivity index (χ1n) is 3.24. The fourth-order valence-electron chi connectivity index (χ4n) is 0.722. The van der Waals surface area contributed by atoms with Crippen molar-refractivity contribution >= 4 is 5.69 Å². The minimum atomic E-state index is -4.68. The predicted molar refractivity (Wildman–Crippen MR) is 37.9 cm³/mol. The second kappa shape index (κ2) is 3.42. The van der Waals surface area contributed by atoms with Gasteiger partial charge in [-0.25, -0.2) is 5.53 Å². The third-order valence-corrected chi connectivity index (χ3v) is 1.20. The van der Waals surface area contributed by atoms with Crippen molar-refractivity contribution in [2.75, 3.05) is 0 Å². The third-order valence-electron chi connectivity index (χ3n) is 1.20. The summed E-state index contributed by atoms with van der Waals surface area (Å²) in [4.78, 5) is 0. The molecule has 3 nitrogen and oxygen atoms in total. The first-order chi connectivity index (χ1) is 6.01. The molecule has 1 aromatic carbocycles. The van der Waals surface area contributed by atoms with E-state index in [1.54, 1.807) is 0 Å². The van der Waals surface area contributed by atoms with E-state index in [4.69, 9.17) is 5.53 Å². The quantitative estimate of drug-likeness (QED) is 0.714. The molecule has 0 radical (unpaired) electrons. The van der Waals surface area contributed by atoms with E-state index in [0.29, 0.717) is 0 Å². The van der Waals surface area contributed by atoms with Crippen LogP contribution in [-0.2, 0) is 0 Å². The molecule has 0 bridgehead atoms. The van der Waals surface area contributed by atoms with Crippen LogP contribution in [-0.4, -0.2) is 6.36 Å². The average Bonchev–Trinajstić information content (AvgIpc) is 2.03. The molecule has 70 valence electrons. The predicted octanol–water partition coefficient (Wildman–Crippen LogP) is 3.25. The maximum absolute atomic E-state index is 11.6. The van der Waals surface area contributed by atoms with E-state index < -0.39 is 6.36 Å². The normalized spacial score (nSPS) is 11.0. The van der Waals surface area contributed by atoms with Crippen LogP contribution < -0.4 is 4.74 Å². The van der Waals surface area contributed by atoms with Crippen molar-refractivity contribution in [3.05, 3.63) is 24.3 Å². The molecule has 0 amide bonds. The molecule has 6 heteroatoms. The number of rotatable bonds is 2. The Morgan fingerprint density at radius 1 is 1.15 bits per heavy atom. The minimum Gasteiger partial charge on any atom is -0.406 e. The highest BCUT2D eigenvalue weighted by Crippen LogP contribution is 2.24. The van der Waals surface area contributed by atoms with Crippen LogP contribution in [0.5, 0.6) is 5.75 Å². The summed E-state index contributed by atoms with van der Waals surface area (Å²) >= 11 is 0. The Kier molecular flexibility index (Phi) is 2.50. The van der Waals surface area contributed by atoms with Crippen LogP contribution in [0.1, 0.15) is 0 Å². The molecule has 1 aromatic rings. The zero-order valence-corrected chi connectivity index (χ0v) is 6.30. The van der Waals surface area contributed by atoms with E-state index in [1.807, 2.05) is 0 Å². The van der Waals surface area contributed by atoms with Gasteiger partial charge in [0, 0.05) is 0 Å². The lowest BCUT2D eigenvalue weighted by atomic mass is 10.3. The molecule has 0 aliphatic heterocycles. The van der Waals surface area contributed by atoms with Gasteiger partial charge in [0.2, 0.25) is 0 Å². The molecule has 0 spiro atoms. The van der Waals surface area contributed by atoms with Crippen molar-refractivity contribution in [2.45, 2.75) is 6.36 Å². The molecule has 0 unspecified atom stereocenters. The highest BCUT2D eigenvalue weighted by atomic mass is 19.4. The highest BCUT2D eigenvalue weighted by Gasteiger charge is 2.30. The fraction of sp³-hybridized carbons (Fsp3) is 0.143.